The fraction of sp³-hybridized carbons (Fsp3) is 0.273. The first kappa shape index (κ1) is 9.81. The number of hydrogen-bond donors (Lipinski definition) is 1. The average molecular weight is 177 g/mol. The van der Waals surface area contributed by atoms with Crippen molar-refractivity contribution in [1.29, 1.82) is 0 Å². The summed E-state index contributed by atoms with van der Waals surface area (Å²) in [6.07, 6.45) is 1.72. The number of rotatable bonds is 4. The van der Waals surface area contributed by atoms with Crippen molar-refractivity contribution in [3.05, 3.63) is 42.5 Å². The molecule has 1 aromatic rings. The molecule has 0 aromatic heterocycles. The van der Waals surface area contributed by atoms with Crippen LogP contribution in [-0.4, -0.2) is 6.61 Å². The third-order valence-electron chi connectivity index (χ3n) is 1.75. The van der Waals surface area contributed by atoms with Gasteiger partial charge in [-0.15, -0.1) is 0 Å². The van der Waals surface area contributed by atoms with Crippen LogP contribution in [0.5, 0.6) is 5.75 Å². The molecule has 2 nitrogen and oxygen atoms in total. The summed E-state index contributed by atoms with van der Waals surface area (Å²) in [5, 5.41) is 0. The summed E-state index contributed by atoms with van der Waals surface area (Å²) >= 11 is 0. The zero-order valence-electron chi connectivity index (χ0n) is 7.86. The van der Waals surface area contributed by atoms with Crippen LogP contribution in [-0.2, 0) is 0 Å². The largest absolute Gasteiger partial charge is 0.490 e. The smallest absolute Gasteiger partial charge is 0.120 e. The molecular weight excluding hydrogens is 162 g/mol. The lowest BCUT2D eigenvalue weighted by molar-refractivity contribution is 0.362. The van der Waals surface area contributed by atoms with Crippen molar-refractivity contribution in [3.63, 3.8) is 0 Å². The minimum atomic E-state index is 0.0484. The van der Waals surface area contributed by atoms with E-state index in [1.807, 2.05) is 31.2 Å². The standard InChI is InChI=1S/C11H15NO/c1-3-7-13-11-6-4-5-10(8-11)9(2)12/h3-6,8-9H,1,7,12H2,2H3/t9-/m0/s1. The highest BCUT2D eigenvalue weighted by Crippen LogP contribution is 2.17. The molecule has 1 aromatic carbocycles. The second-order valence-corrected chi connectivity index (χ2v) is 2.96. The van der Waals surface area contributed by atoms with E-state index in [-0.39, 0.29) is 6.04 Å². The molecule has 2 heteroatoms. The van der Waals surface area contributed by atoms with Crippen molar-refractivity contribution in [3.8, 4) is 5.75 Å². The van der Waals surface area contributed by atoms with Crippen molar-refractivity contribution in [1.82, 2.24) is 0 Å². The molecule has 0 heterocycles. The first-order valence-electron chi connectivity index (χ1n) is 4.33. The number of hydrogen-bond acceptors (Lipinski definition) is 2. The van der Waals surface area contributed by atoms with Crippen LogP contribution in [0.2, 0.25) is 0 Å². The first-order chi connectivity index (χ1) is 6.24. The van der Waals surface area contributed by atoms with Gasteiger partial charge < -0.3 is 10.5 Å². The molecule has 0 fully saturated rings. The van der Waals surface area contributed by atoms with Crippen LogP contribution >= 0.6 is 0 Å². The quantitative estimate of drug-likeness (QED) is 0.716. The van der Waals surface area contributed by atoms with Crippen LogP contribution in [0.3, 0.4) is 0 Å². The van der Waals surface area contributed by atoms with Gasteiger partial charge in [-0.2, -0.15) is 0 Å². The van der Waals surface area contributed by atoms with Crippen molar-refractivity contribution in [2.75, 3.05) is 6.61 Å². The first-order valence-corrected chi connectivity index (χ1v) is 4.33. The monoisotopic (exact) mass is 177 g/mol. The van der Waals surface area contributed by atoms with Crippen LogP contribution in [0, 0.1) is 0 Å². The Morgan fingerprint density at radius 1 is 1.62 bits per heavy atom. The van der Waals surface area contributed by atoms with E-state index in [0.717, 1.165) is 11.3 Å². The molecule has 1 atom stereocenters. The Morgan fingerprint density at radius 3 is 3.00 bits per heavy atom. The zero-order valence-corrected chi connectivity index (χ0v) is 7.86. The maximum Gasteiger partial charge on any atom is 0.120 e. The lowest BCUT2D eigenvalue weighted by Gasteiger charge is -2.08. The topological polar surface area (TPSA) is 35.2 Å². The Hall–Kier alpha value is -1.28. The Balaban J connectivity index is 2.73. The zero-order chi connectivity index (χ0) is 9.68. The van der Waals surface area contributed by atoms with Gasteiger partial charge in [0.05, 0.1) is 0 Å². The van der Waals surface area contributed by atoms with E-state index in [9.17, 15) is 0 Å². The molecule has 1 rings (SSSR count). The minimum Gasteiger partial charge on any atom is -0.490 e. The average Bonchev–Trinajstić information content (AvgIpc) is 2.15. The van der Waals surface area contributed by atoms with Crippen LogP contribution in [0.4, 0.5) is 0 Å². The predicted octanol–water partition coefficient (Wildman–Crippen LogP) is 2.27. The minimum absolute atomic E-state index is 0.0484. The summed E-state index contributed by atoms with van der Waals surface area (Å²) in [7, 11) is 0. The number of benzene rings is 1. The van der Waals surface area contributed by atoms with Crippen molar-refractivity contribution < 1.29 is 4.74 Å². The van der Waals surface area contributed by atoms with E-state index in [2.05, 4.69) is 6.58 Å². The van der Waals surface area contributed by atoms with E-state index in [0.29, 0.717) is 6.61 Å². The molecule has 0 aliphatic heterocycles. The Labute approximate surface area is 79.0 Å². The fourth-order valence-electron chi connectivity index (χ4n) is 1.04. The molecule has 0 aliphatic rings. The molecule has 70 valence electrons. The summed E-state index contributed by atoms with van der Waals surface area (Å²) in [5.41, 5.74) is 6.82. The maximum absolute atomic E-state index is 5.74. The van der Waals surface area contributed by atoms with E-state index >= 15 is 0 Å². The third-order valence-corrected chi connectivity index (χ3v) is 1.75. The number of nitrogens with two attached hydrogens (primary N) is 1. The van der Waals surface area contributed by atoms with Crippen LogP contribution in [0.1, 0.15) is 18.5 Å². The predicted molar refractivity (Wildman–Crippen MR) is 54.7 cm³/mol. The molecule has 0 radical (unpaired) electrons. The molecule has 0 saturated carbocycles. The van der Waals surface area contributed by atoms with Crippen molar-refractivity contribution in [2.45, 2.75) is 13.0 Å². The van der Waals surface area contributed by atoms with Crippen LogP contribution < -0.4 is 10.5 Å². The molecule has 0 saturated heterocycles. The molecular formula is C11H15NO. The Bertz CT molecular complexity index is 281. The van der Waals surface area contributed by atoms with E-state index < -0.39 is 0 Å². The van der Waals surface area contributed by atoms with E-state index in [1.54, 1.807) is 6.08 Å². The van der Waals surface area contributed by atoms with Gasteiger partial charge in [-0.1, -0.05) is 24.8 Å². The lowest BCUT2D eigenvalue weighted by Crippen LogP contribution is -2.05. The van der Waals surface area contributed by atoms with Crippen LogP contribution in [0.15, 0.2) is 36.9 Å². The summed E-state index contributed by atoms with van der Waals surface area (Å²) in [6, 6.07) is 7.85. The van der Waals surface area contributed by atoms with Gasteiger partial charge in [0.25, 0.3) is 0 Å². The van der Waals surface area contributed by atoms with E-state index in [4.69, 9.17) is 10.5 Å². The molecule has 0 amide bonds. The highest BCUT2D eigenvalue weighted by Gasteiger charge is 1.99. The van der Waals surface area contributed by atoms with Gasteiger partial charge in [0.1, 0.15) is 12.4 Å². The van der Waals surface area contributed by atoms with Gasteiger partial charge in [0.2, 0.25) is 0 Å². The normalized spacial score (nSPS) is 12.2. The number of ether oxygens (including phenoxy) is 1. The molecule has 0 bridgehead atoms. The van der Waals surface area contributed by atoms with Gasteiger partial charge in [-0.05, 0) is 24.6 Å². The molecule has 2 N–H and O–H groups in total. The summed E-state index contributed by atoms with van der Waals surface area (Å²) in [6.45, 7) is 6.06. The summed E-state index contributed by atoms with van der Waals surface area (Å²) < 4.78 is 5.37. The molecule has 0 unspecified atom stereocenters. The SMILES string of the molecule is C=CCOc1cccc([C@H](C)N)c1. The molecule has 0 aliphatic carbocycles. The summed E-state index contributed by atoms with van der Waals surface area (Å²) in [4.78, 5) is 0. The van der Waals surface area contributed by atoms with Gasteiger partial charge in [-0.25, -0.2) is 0 Å². The maximum atomic E-state index is 5.74. The second-order valence-electron chi connectivity index (χ2n) is 2.96. The van der Waals surface area contributed by atoms with Crippen molar-refractivity contribution >= 4 is 0 Å². The Morgan fingerprint density at radius 2 is 2.38 bits per heavy atom. The van der Waals surface area contributed by atoms with Gasteiger partial charge in [-0.3, -0.25) is 0 Å². The highest BCUT2D eigenvalue weighted by atomic mass is 16.5. The fourth-order valence-corrected chi connectivity index (χ4v) is 1.04. The van der Waals surface area contributed by atoms with Gasteiger partial charge in [0.15, 0.2) is 0 Å². The van der Waals surface area contributed by atoms with Gasteiger partial charge in [0, 0.05) is 6.04 Å². The molecule has 13 heavy (non-hydrogen) atoms. The van der Waals surface area contributed by atoms with Crippen molar-refractivity contribution in [2.24, 2.45) is 5.73 Å². The van der Waals surface area contributed by atoms with E-state index in [1.165, 1.54) is 0 Å². The lowest BCUT2D eigenvalue weighted by atomic mass is 10.1. The highest BCUT2D eigenvalue weighted by molar-refractivity contribution is 5.30. The Kier molecular flexibility index (Phi) is 3.53. The second kappa shape index (κ2) is 4.67. The summed E-state index contributed by atoms with van der Waals surface area (Å²) in [5.74, 6) is 0.842. The van der Waals surface area contributed by atoms with Gasteiger partial charge >= 0.3 is 0 Å². The molecule has 0 spiro atoms. The third kappa shape index (κ3) is 2.92. The van der Waals surface area contributed by atoms with Crippen LogP contribution in [0.25, 0.3) is 0 Å².